The highest BCUT2D eigenvalue weighted by Crippen LogP contribution is 2.23. The molecule has 0 bridgehead atoms. The lowest BCUT2D eigenvalue weighted by Gasteiger charge is -2.33. The van der Waals surface area contributed by atoms with Crippen molar-refractivity contribution in [2.24, 2.45) is 0 Å². The number of piperazine rings is 1. The fraction of sp³-hybridized carbons (Fsp3) is 0.476. The first kappa shape index (κ1) is 20.6. The van der Waals surface area contributed by atoms with E-state index in [1.54, 1.807) is 13.4 Å². The molecule has 2 heterocycles. The molecule has 0 unspecified atom stereocenters. The molecule has 0 saturated carbocycles. The van der Waals surface area contributed by atoms with Crippen LogP contribution in [0.15, 0.2) is 47.1 Å². The highest BCUT2D eigenvalue weighted by atomic mass is 32.1. The first-order valence-electron chi connectivity index (χ1n) is 9.78. The molecule has 6 nitrogen and oxygen atoms in total. The maximum absolute atomic E-state index is 5.72. The van der Waals surface area contributed by atoms with E-state index in [9.17, 15) is 0 Å². The lowest BCUT2D eigenvalue weighted by atomic mass is 10.2. The van der Waals surface area contributed by atoms with Crippen LogP contribution in [0, 0.1) is 0 Å². The molecule has 1 fully saturated rings. The average molecular weight is 403 g/mol. The summed E-state index contributed by atoms with van der Waals surface area (Å²) in [5.74, 6) is 1.68. The van der Waals surface area contributed by atoms with Crippen LogP contribution in [0.5, 0.6) is 5.75 Å². The highest BCUT2D eigenvalue weighted by Gasteiger charge is 2.16. The zero-order valence-corrected chi connectivity index (χ0v) is 17.6. The quantitative estimate of drug-likeness (QED) is 0.681. The molecule has 1 aliphatic rings. The van der Waals surface area contributed by atoms with Crippen LogP contribution in [0.25, 0.3) is 0 Å². The highest BCUT2D eigenvalue weighted by molar-refractivity contribution is 7.80. The molecule has 0 aliphatic carbocycles. The second-order valence-corrected chi connectivity index (χ2v) is 7.52. The van der Waals surface area contributed by atoms with Gasteiger partial charge in [-0.05, 0) is 56.5 Å². The summed E-state index contributed by atoms with van der Waals surface area (Å²) in [5, 5.41) is 4.02. The van der Waals surface area contributed by atoms with E-state index >= 15 is 0 Å². The van der Waals surface area contributed by atoms with Crippen molar-refractivity contribution in [1.82, 2.24) is 14.7 Å². The average Bonchev–Trinajstić information content (AvgIpc) is 3.22. The predicted molar refractivity (Wildman–Crippen MR) is 117 cm³/mol. The van der Waals surface area contributed by atoms with Gasteiger partial charge in [-0.2, -0.15) is 0 Å². The van der Waals surface area contributed by atoms with Crippen LogP contribution in [0.3, 0.4) is 0 Å². The Balaban J connectivity index is 1.58. The minimum Gasteiger partial charge on any atom is -0.495 e. The number of nitrogens with one attached hydrogen (secondary N) is 1. The number of para-hydroxylation sites is 2. The van der Waals surface area contributed by atoms with Crippen LogP contribution < -0.4 is 10.1 Å². The van der Waals surface area contributed by atoms with Crippen molar-refractivity contribution in [1.29, 1.82) is 0 Å². The molecule has 2 aromatic rings. The monoisotopic (exact) mass is 402 g/mol. The van der Waals surface area contributed by atoms with Gasteiger partial charge in [-0.25, -0.2) is 0 Å². The zero-order chi connectivity index (χ0) is 19.8. The van der Waals surface area contributed by atoms with Crippen molar-refractivity contribution < 1.29 is 9.15 Å². The van der Waals surface area contributed by atoms with E-state index < -0.39 is 0 Å². The van der Waals surface area contributed by atoms with Crippen LogP contribution >= 0.6 is 12.2 Å². The Labute approximate surface area is 173 Å². The largest absolute Gasteiger partial charge is 0.495 e. The third-order valence-corrected chi connectivity index (χ3v) is 5.42. The number of hydrogen-bond acceptors (Lipinski definition) is 5. The zero-order valence-electron chi connectivity index (χ0n) is 16.8. The molecule has 1 aromatic heterocycles. The topological polar surface area (TPSA) is 44.1 Å². The maximum atomic E-state index is 5.72. The fourth-order valence-corrected chi connectivity index (χ4v) is 3.61. The number of likely N-dealkylation sites (N-methyl/N-ethyl adjacent to an activating group) is 1. The Bertz CT molecular complexity index is 730. The van der Waals surface area contributed by atoms with E-state index in [1.807, 2.05) is 36.4 Å². The number of nitrogens with zero attached hydrogens (tertiary/aromatic N) is 3. The van der Waals surface area contributed by atoms with Gasteiger partial charge in [0, 0.05) is 32.7 Å². The van der Waals surface area contributed by atoms with Crippen molar-refractivity contribution in [3.63, 3.8) is 0 Å². The number of benzene rings is 1. The van der Waals surface area contributed by atoms with Crippen LogP contribution in [0.2, 0.25) is 0 Å². The normalized spacial score (nSPS) is 15.4. The van der Waals surface area contributed by atoms with Crippen molar-refractivity contribution in [2.75, 3.05) is 58.7 Å². The minimum absolute atomic E-state index is 0.650. The van der Waals surface area contributed by atoms with Crippen molar-refractivity contribution in [3.8, 4) is 5.75 Å². The summed E-state index contributed by atoms with van der Waals surface area (Å²) >= 11 is 5.72. The molecule has 0 atom stereocenters. The smallest absolute Gasteiger partial charge is 0.173 e. The summed E-state index contributed by atoms with van der Waals surface area (Å²) in [6.45, 7) is 7.16. The van der Waals surface area contributed by atoms with Crippen LogP contribution in [0.1, 0.15) is 12.2 Å². The van der Waals surface area contributed by atoms with Crippen molar-refractivity contribution in [3.05, 3.63) is 48.4 Å². The molecule has 1 N–H and O–H groups in total. The van der Waals surface area contributed by atoms with Gasteiger partial charge in [0.2, 0.25) is 0 Å². The summed E-state index contributed by atoms with van der Waals surface area (Å²) in [5.41, 5.74) is 0.874. The van der Waals surface area contributed by atoms with E-state index in [0.29, 0.717) is 11.7 Å². The van der Waals surface area contributed by atoms with Gasteiger partial charge in [0.25, 0.3) is 0 Å². The third-order valence-electron chi connectivity index (χ3n) is 5.06. The Morgan fingerprint density at radius 2 is 1.96 bits per heavy atom. The lowest BCUT2D eigenvalue weighted by Crippen LogP contribution is -2.45. The van der Waals surface area contributed by atoms with Gasteiger partial charge in [-0.1, -0.05) is 12.1 Å². The summed E-state index contributed by atoms with van der Waals surface area (Å²) < 4.78 is 11.0. The third kappa shape index (κ3) is 5.95. The number of hydrogen-bond donors (Lipinski definition) is 1. The lowest BCUT2D eigenvalue weighted by molar-refractivity contribution is 0.149. The van der Waals surface area contributed by atoms with E-state index in [2.05, 4.69) is 27.1 Å². The van der Waals surface area contributed by atoms with Crippen LogP contribution in [0.4, 0.5) is 5.69 Å². The Kier molecular flexibility index (Phi) is 7.71. The number of rotatable bonds is 8. The molecule has 7 heteroatoms. The number of ether oxygens (including phenoxy) is 1. The molecule has 3 rings (SSSR count). The first-order chi connectivity index (χ1) is 13.7. The molecular weight excluding hydrogens is 372 g/mol. The van der Waals surface area contributed by atoms with E-state index in [0.717, 1.165) is 62.9 Å². The van der Waals surface area contributed by atoms with Gasteiger partial charge >= 0.3 is 0 Å². The SMILES string of the molecule is COc1ccccc1NC(=S)N(CCCN1CCN(C)CC1)Cc1ccco1. The Morgan fingerprint density at radius 3 is 2.68 bits per heavy atom. The molecule has 1 aromatic carbocycles. The maximum Gasteiger partial charge on any atom is 0.173 e. The summed E-state index contributed by atoms with van der Waals surface area (Å²) in [4.78, 5) is 7.07. The molecular formula is C21H30N4O2S. The van der Waals surface area contributed by atoms with Gasteiger partial charge in [-0.3, -0.25) is 0 Å². The Hall–Kier alpha value is -2.09. The van der Waals surface area contributed by atoms with Crippen LogP contribution in [-0.2, 0) is 6.54 Å². The summed E-state index contributed by atoms with van der Waals surface area (Å²) in [6, 6.07) is 11.7. The predicted octanol–water partition coefficient (Wildman–Crippen LogP) is 3.12. The number of anilines is 1. The standard InChI is InChI=1S/C21H30N4O2S/c1-23-12-14-24(15-13-23)10-6-11-25(17-18-7-5-16-27-18)21(28)22-19-8-3-4-9-20(19)26-2/h3-5,7-9,16H,6,10-15,17H2,1-2H3,(H,22,28). The molecule has 152 valence electrons. The molecule has 1 aliphatic heterocycles. The van der Waals surface area contributed by atoms with Gasteiger partial charge in [0.05, 0.1) is 25.6 Å². The van der Waals surface area contributed by atoms with Crippen LogP contribution in [-0.4, -0.2) is 73.2 Å². The Morgan fingerprint density at radius 1 is 1.18 bits per heavy atom. The van der Waals surface area contributed by atoms with E-state index in [1.165, 1.54) is 0 Å². The molecule has 28 heavy (non-hydrogen) atoms. The van der Waals surface area contributed by atoms with Gasteiger partial charge < -0.3 is 29.2 Å². The molecule has 1 saturated heterocycles. The fourth-order valence-electron chi connectivity index (χ4n) is 3.34. The van der Waals surface area contributed by atoms with Gasteiger partial charge in [0.1, 0.15) is 11.5 Å². The van der Waals surface area contributed by atoms with E-state index in [4.69, 9.17) is 21.4 Å². The molecule has 0 radical (unpaired) electrons. The first-order valence-corrected chi connectivity index (χ1v) is 10.2. The second-order valence-electron chi connectivity index (χ2n) is 7.13. The number of furan rings is 1. The molecule has 0 amide bonds. The number of thiocarbonyl (C=S) groups is 1. The van der Waals surface area contributed by atoms with Crippen molar-refractivity contribution in [2.45, 2.75) is 13.0 Å². The summed E-state index contributed by atoms with van der Waals surface area (Å²) in [6.07, 6.45) is 2.76. The minimum atomic E-state index is 0.650. The summed E-state index contributed by atoms with van der Waals surface area (Å²) in [7, 11) is 3.85. The van der Waals surface area contributed by atoms with E-state index in [-0.39, 0.29) is 0 Å². The van der Waals surface area contributed by atoms with Gasteiger partial charge in [-0.15, -0.1) is 0 Å². The van der Waals surface area contributed by atoms with Gasteiger partial charge in [0.15, 0.2) is 5.11 Å². The molecule has 0 spiro atoms. The number of methoxy groups -OCH3 is 1. The second kappa shape index (κ2) is 10.5. The van der Waals surface area contributed by atoms with Crippen molar-refractivity contribution >= 4 is 23.0 Å².